The van der Waals surface area contributed by atoms with Gasteiger partial charge >= 0.3 is 0 Å². The molecule has 2 aliphatic heterocycles. The monoisotopic (exact) mass is 414 g/mol. The molecule has 5 nitrogen and oxygen atoms in total. The lowest BCUT2D eigenvalue weighted by molar-refractivity contribution is -0.136. The molecule has 0 spiro atoms. The lowest BCUT2D eigenvalue weighted by Gasteiger charge is -2.43. The van der Waals surface area contributed by atoms with E-state index in [4.69, 9.17) is 0 Å². The van der Waals surface area contributed by atoms with Gasteiger partial charge in [0.05, 0.1) is 16.3 Å². The fourth-order valence-electron chi connectivity index (χ4n) is 3.96. The third-order valence-electron chi connectivity index (χ3n) is 5.64. The van der Waals surface area contributed by atoms with Gasteiger partial charge in [-0.05, 0) is 24.3 Å². The maximum Gasteiger partial charge on any atom is 0.229 e. The van der Waals surface area contributed by atoms with Gasteiger partial charge in [-0.15, -0.1) is 0 Å². The number of hydrogen-bond donors (Lipinski definition) is 0. The summed E-state index contributed by atoms with van der Waals surface area (Å²) in [5.41, 5.74) is 0.990. The van der Waals surface area contributed by atoms with Crippen molar-refractivity contribution in [2.75, 3.05) is 49.1 Å². The van der Waals surface area contributed by atoms with Crippen LogP contribution in [-0.2, 0) is 4.79 Å². The van der Waals surface area contributed by atoms with Crippen molar-refractivity contribution in [1.82, 2.24) is 9.88 Å². The zero-order valence-corrected chi connectivity index (χ0v) is 16.5. The summed E-state index contributed by atoms with van der Waals surface area (Å²) in [6, 6.07) is 11.7. The molecule has 2 aromatic carbocycles. The van der Waals surface area contributed by atoms with Crippen molar-refractivity contribution in [2.24, 2.45) is 5.92 Å². The molecule has 2 saturated heterocycles. The number of anilines is 2. The van der Waals surface area contributed by atoms with Crippen molar-refractivity contribution in [3.8, 4) is 0 Å². The number of carbonyl (C=O) groups excluding carboxylic acids is 1. The van der Waals surface area contributed by atoms with E-state index in [0.29, 0.717) is 50.5 Å². The average Bonchev–Trinajstić information content (AvgIpc) is 3.12. The summed E-state index contributed by atoms with van der Waals surface area (Å²) in [7, 11) is 0. The van der Waals surface area contributed by atoms with Crippen LogP contribution in [0.15, 0.2) is 42.5 Å². The number of carbonyl (C=O) groups is 1. The molecule has 2 fully saturated rings. The Morgan fingerprint density at radius 3 is 2.38 bits per heavy atom. The lowest BCUT2D eigenvalue weighted by Crippen LogP contribution is -2.58. The van der Waals surface area contributed by atoms with Gasteiger partial charge in [0.1, 0.15) is 17.2 Å². The predicted molar refractivity (Wildman–Crippen MR) is 110 cm³/mol. The molecule has 29 heavy (non-hydrogen) atoms. The Morgan fingerprint density at radius 1 is 0.931 bits per heavy atom. The third-order valence-corrected chi connectivity index (χ3v) is 6.73. The van der Waals surface area contributed by atoms with Crippen molar-refractivity contribution < 1.29 is 13.6 Å². The molecule has 0 atom stereocenters. The van der Waals surface area contributed by atoms with Gasteiger partial charge in [0.15, 0.2) is 5.13 Å². The summed E-state index contributed by atoms with van der Waals surface area (Å²) in [5.74, 6) is -0.464. The fraction of sp³-hybridized carbons (Fsp3) is 0.333. The van der Waals surface area contributed by atoms with E-state index in [1.54, 1.807) is 18.2 Å². The van der Waals surface area contributed by atoms with Gasteiger partial charge in [0, 0.05) is 39.3 Å². The van der Waals surface area contributed by atoms with Gasteiger partial charge in [-0.1, -0.05) is 29.5 Å². The molecule has 3 aromatic rings. The van der Waals surface area contributed by atoms with Crippen molar-refractivity contribution in [2.45, 2.75) is 0 Å². The third kappa shape index (κ3) is 3.31. The van der Waals surface area contributed by atoms with Crippen LogP contribution in [0.25, 0.3) is 10.2 Å². The number of benzene rings is 2. The second-order valence-corrected chi connectivity index (χ2v) is 8.46. The van der Waals surface area contributed by atoms with Crippen LogP contribution in [-0.4, -0.2) is 55.1 Å². The number of aromatic nitrogens is 1. The first-order valence-electron chi connectivity index (χ1n) is 9.68. The highest BCUT2D eigenvalue weighted by atomic mass is 32.1. The minimum absolute atomic E-state index is 0.0631. The number of para-hydroxylation sites is 2. The van der Waals surface area contributed by atoms with Crippen LogP contribution in [0.4, 0.5) is 19.6 Å². The SMILES string of the molecule is O=C(C1CN(c2nc3c(F)cccc3s2)C1)N1CCN(c2ccccc2F)CC1. The molecular weight excluding hydrogens is 394 g/mol. The maximum absolute atomic E-state index is 14.0. The smallest absolute Gasteiger partial charge is 0.229 e. The van der Waals surface area contributed by atoms with Crippen molar-refractivity contribution in [3.05, 3.63) is 54.1 Å². The molecule has 2 aliphatic rings. The second kappa shape index (κ2) is 7.26. The molecule has 0 unspecified atom stereocenters. The molecule has 0 N–H and O–H groups in total. The van der Waals surface area contributed by atoms with Gasteiger partial charge in [0.25, 0.3) is 0 Å². The second-order valence-electron chi connectivity index (χ2n) is 7.45. The number of hydrogen-bond acceptors (Lipinski definition) is 5. The number of fused-ring (bicyclic) bond motifs is 1. The Kier molecular flexibility index (Phi) is 4.58. The predicted octanol–water partition coefficient (Wildman–Crippen LogP) is 3.36. The first kappa shape index (κ1) is 18.3. The summed E-state index contributed by atoms with van der Waals surface area (Å²) < 4.78 is 28.6. The molecule has 3 heterocycles. The number of halogens is 2. The molecule has 1 aromatic heterocycles. The molecular formula is C21H20F2N4OS. The summed E-state index contributed by atoms with van der Waals surface area (Å²) in [5, 5.41) is 0.763. The number of amides is 1. The maximum atomic E-state index is 14.0. The lowest BCUT2D eigenvalue weighted by atomic mass is 9.99. The van der Waals surface area contributed by atoms with Crippen LogP contribution in [0.5, 0.6) is 0 Å². The number of rotatable bonds is 3. The van der Waals surface area contributed by atoms with Gasteiger partial charge < -0.3 is 14.7 Å². The van der Waals surface area contributed by atoms with Gasteiger partial charge in [-0.2, -0.15) is 0 Å². The van der Waals surface area contributed by atoms with E-state index in [2.05, 4.69) is 4.98 Å². The Hall–Kier alpha value is -2.74. The first-order chi connectivity index (χ1) is 14.1. The van der Waals surface area contributed by atoms with Crippen molar-refractivity contribution >= 4 is 38.3 Å². The quantitative estimate of drug-likeness (QED) is 0.659. The highest BCUT2D eigenvalue weighted by Gasteiger charge is 2.37. The first-order valence-corrected chi connectivity index (χ1v) is 10.5. The number of piperazine rings is 1. The van der Waals surface area contributed by atoms with Crippen molar-refractivity contribution in [3.63, 3.8) is 0 Å². The highest BCUT2D eigenvalue weighted by Crippen LogP contribution is 2.34. The Bertz CT molecular complexity index is 1060. The van der Waals surface area contributed by atoms with Crippen molar-refractivity contribution in [1.29, 1.82) is 0 Å². The zero-order chi connectivity index (χ0) is 20.0. The van der Waals surface area contributed by atoms with Gasteiger partial charge in [0.2, 0.25) is 5.91 Å². The minimum atomic E-state index is -0.314. The normalized spacial score (nSPS) is 17.7. The van der Waals surface area contributed by atoms with Crippen LogP contribution < -0.4 is 9.80 Å². The summed E-state index contributed by atoms with van der Waals surface area (Å²) in [6.07, 6.45) is 0. The minimum Gasteiger partial charge on any atom is -0.366 e. The average molecular weight is 414 g/mol. The van der Waals surface area contributed by atoms with E-state index in [-0.39, 0.29) is 23.5 Å². The van der Waals surface area contributed by atoms with Crippen LogP contribution in [0.1, 0.15) is 0 Å². The van der Waals surface area contributed by atoms with E-state index >= 15 is 0 Å². The van der Waals surface area contributed by atoms with Gasteiger partial charge in [-0.3, -0.25) is 4.79 Å². The zero-order valence-electron chi connectivity index (χ0n) is 15.7. The molecule has 0 saturated carbocycles. The molecule has 0 bridgehead atoms. The molecule has 150 valence electrons. The summed E-state index contributed by atoms with van der Waals surface area (Å²) in [4.78, 5) is 23.1. The summed E-state index contributed by atoms with van der Waals surface area (Å²) in [6.45, 7) is 3.65. The number of nitrogens with zero attached hydrogens (tertiary/aromatic N) is 4. The Labute approximate surface area is 171 Å². The molecule has 0 aliphatic carbocycles. The van der Waals surface area contributed by atoms with E-state index in [0.717, 1.165) is 9.83 Å². The topological polar surface area (TPSA) is 39.7 Å². The molecule has 5 rings (SSSR count). The Balaban J connectivity index is 1.18. The van der Waals surface area contributed by atoms with Gasteiger partial charge in [-0.25, -0.2) is 13.8 Å². The van der Waals surface area contributed by atoms with Crippen LogP contribution in [0, 0.1) is 17.6 Å². The van der Waals surface area contributed by atoms with E-state index in [1.807, 2.05) is 26.8 Å². The van der Waals surface area contributed by atoms with E-state index in [1.165, 1.54) is 23.5 Å². The standard InChI is InChI=1S/C21H20F2N4OS/c22-15-4-1-2-6-17(15)25-8-10-26(11-9-25)20(28)14-12-27(13-14)21-24-19-16(23)5-3-7-18(19)29-21/h1-7,14H,8-13H2. The molecule has 8 heteroatoms. The Morgan fingerprint density at radius 2 is 1.66 bits per heavy atom. The highest BCUT2D eigenvalue weighted by molar-refractivity contribution is 7.22. The molecule has 1 amide bonds. The van der Waals surface area contributed by atoms with Crippen LogP contribution in [0.3, 0.4) is 0 Å². The van der Waals surface area contributed by atoms with E-state index < -0.39 is 0 Å². The molecule has 0 radical (unpaired) electrons. The van der Waals surface area contributed by atoms with E-state index in [9.17, 15) is 13.6 Å². The fourth-order valence-corrected chi connectivity index (χ4v) is 4.96. The largest absolute Gasteiger partial charge is 0.366 e. The number of thiazole rings is 1. The van der Waals surface area contributed by atoms with Crippen LogP contribution in [0.2, 0.25) is 0 Å². The van der Waals surface area contributed by atoms with Crippen LogP contribution >= 0.6 is 11.3 Å². The summed E-state index contributed by atoms with van der Waals surface area (Å²) >= 11 is 1.45.